The summed E-state index contributed by atoms with van der Waals surface area (Å²) >= 11 is 0. The molecule has 0 unspecified atom stereocenters. The number of benzene rings is 2. The Labute approximate surface area is 175 Å². The smallest absolute Gasteiger partial charge is 0.277 e. The van der Waals surface area contributed by atoms with Crippen molar-refractivity contribution in [1.29, 1.82) is 0 Å². The quantitative estimate of drug-likeness (QED) is 0.378. The fraction of sp³-hybridized carbons (Fsp3) is 0.0476. The molecule has 0 saturated heterocycles. The first-order valence-electron chi connectivity index (χ1n) is 9.12. The maximum Gasteiger partial charge on any atom is 0.277 e. The fourth-order valence-electron chi connectivity index (χ4n) is 3.12. The predicted octanol–water partition coefficient (Wildman–Crippen LogP) is 4.38. The molecule has 154 valence electrons. The van der Waals surface area contributed by atoms with Crippen LogP contribution in [0.1, 0.15) is 15.9 Å². The van der Waals surface area contributed by atoms with Gasteiger partial charge < -0.3 is 9.72 Å². The molecule has 31 heavy (non-hydrogen) atoms. The molecule has 0 aliphatic heterocycles. The van der Waals surface area contributed by atoms with Gasteiger partial charge in [0.2, 0.25) is 0 Å². The van der Waals surface area contributed by atoms with E-state index in [0.29, 0.717) is 11.4 Å². The monoisotopic (exact) mass is 417 g/mol. The predicted molar refractivity (Wildman–Crippen MR) is 113 cm³/mol. The van der Waals surface area contributed by atoms with Gasteiger partial charge in [-0.2, -0.15) is 0 Å². The van der Waals surface area contributed by atoms with Crippen LogP contribution in [0.5, 0.6) is 0 Å². The van der Waals surface area contributed by atoms with Crippen molar-refractivity contribution in [2.24, 2.45) is 0 Å². The van der Waals surface area contributed by atoms with Gasteiger partial charge >= 0.3 is 0 Å². The number of aryl methyl sites for hydroxylation is 1. The molecular formula is C21H15N5O5. The lowest BCUT2D eigenvalue weighted by Crippen LogP contribution is -2.13. The van der Waals surface area contributed by atoms with Gasteiger partial charge in [0.05, 0.1) is 27.2 Å². The number of anilines is 1. The van der Waals surface area contributed by atoms with Crippen LogP contribution in [0, 0.1) is 27.2 Å². The molecule has 10 heteroatoms. The highest BCUT2D eigenvalue weighted by Crippen LogP contribution is 2.27. The molecule has 2 aromatic heterocycles. The zero-order valence-electron chi connectivity index (χ0n) is 16.2. The molecule has 4 rings (SSSR count). The third-order valence-corrected chi connectivity index (χ3v) is 4.73. The number of amides is 1. The standard InChI is InChI=1S/C21H15N5O5/c1-13-5-6-14(19-12-24-7-3-2-4-20(24)22-19)10-18(13)23-21(27)15-8-16(25(28)29)11-17(9-15)26(30)31/h2-12H,1H3,(H,23,27). The van der Waals surface area contributed by atoms with Crippen LogP contribution in [0.4, 0.5) is 17.1 Å². The summed E-state index contributed by atoms with van der Waals surface area (Å²) in [6.07, 6.45) is 3.73. The van der Waals surface area contributed by atoms with Crippen LogP contribution in [0.15, 0.2) is 67.0 Å². The number of carbonyl (C=O) groups excluding carboxylic acids is 1. The summed E-state index contributed by atoms with van der Waals surface area (Å²) in [7, 11) is 0. The third kappa shape index (κ3) is 3.94. The molecule has 2 aromatic carbocycles. The summed E-state index contributed by atoms with van der Waals surface area (Å²) in [5.74, 6) is -0.693. The van der Waals surface area contributed by atoms with E-state index < -0.39 is 27.1 Å². The van der Waals surface area contributed by atoms with Crippen molar-refractivity contribution in [3.8, 4) is 11.3 Å². The number of nitrogens with one attached hydrogen (secondary N) is 1. The van der Waals surface area contributed by atoms with E-state index in [2.05, 4.69) is 10.3 Å². The van der Waals surface area contributed by atoms with E-state index in [1.165, 1.54) is 0 Å². The number of rotatable bonds is 5. The second-order valence-corrected chi connectivity index (χ2v) is 6.83. The first-order valence-corrected chi connectivity index (χ1v) is 9.12. The maximum atomic E-state index is 12.7. The maximum absolute atomic E-state index is 12.7. The number of nitrogens with zero attached hydrogens (tertiary/aromatic N) is 4. The van der Waals surface area contributed by atoms with Gasteiger partial charge in [0.1, 0.15) is 5.65 Å². The van der Waals surface area contributed by atoms with Gasteiger partial charge in [-0.15, -0.1) is 0 Å². The van der Waals surface area contributed by atoms with Crippen molar-refractivity contribution < 1.29 is 14.6 Å². The summed E-state index contributed by atoms with van der Waals surface area (Å²) in [6.45, 7) is 1.79. The van der Waals surface area contributed by atoms with Gasteiger partial charge in [0.25, 0.3) is 17.3 Å². The lowest BCUT2D eigenvalue weighted by Gasteiger charge is -2.10. The van der Waals surface area contributed by atoms with Crippen molar-refractivity contribution in [1.82, 2.24) is 9.38 Å². The summed E-state index contributed by atoms with van der Waals surface area (Å²) in [5, 5.41) is 24.8. The van der Waals surface area contributed by atoms with Crippen LogP contribution in [0.25, 0.3) is 16.9 Å². The van der Waals surface area contributed by atoms with Crippen LogP contribution in [-0.4, -0.2) is 25.1 Å². The molecule has 0 fully saturated rings. The normalized spacial score (nSPS) is 10.7. The van der Waals surface area contributed by atoms with Crippen LogP contribution < -0.4 is 5.32 Å². The zero-order chi connectivity index (χ0) is 22.1. The van der Waals surface area contributed by atoms with Crippen LogP contribution in [0.2, 0.25) is 0 Å². The molecule has 0 aliphatic carbocycles. The number of nitro benzene ring substituents is 2. The van der Waals surface area contributed by atoms with Crippen molar-refractivity contribution in [2.45, 2.75) is 6.92 Å². The Balaban J connectivity index is 1.68. The summed E-state index contributed by atoms with van der Waals surface area (Å²) in [4.78, 5) is 37.9. The van der Waals surface area contributed by atoms with E-state index >= 15 is 0 Å². The fourth-order valence-corrected chi connectivity index (χ4v) is 3.12. The highest BCUT2D eigenvalue weighted by molar-refractivity contribution is 6.05. The van der Waals surface area contributed by atoms with E-state index in [4.69, 9.17) is 0 Å². The van der Waals surface area contributed by atoms with Gasteiger partial charge in [-0.05, 0) is 30.7 Å². The molecule has 0 radical (unpaired) electrons. The Hall–Kier alpha value is -4.60. The number of fused-ring (bicyclic) bond motifs is 1. The number of nitro groups is 2. The van der Waals surface area contributed by atoms with E-state index in [1.54, 1.807) is 13.0 Å². The number of hydrogen-bond acceptors (Lipinski definition) is 6. The number of carbonyl (C=O) groups is 1. The SMILES string of the molecule is Cc1ccc(-c2cn3ccccc3n2)cc1NC(=O)c1cc([N+](=O)[O-])cc([N+](=O)[O-])c1. The van der Waals surface area contributed by atoms with Crippen molar-refractivity contribution in [3.05, 3.63) is 98.3 Å². The van der Waals surface area contributed by atoms with Gasteiger partial charge in [0.15, 0.2) is 0 Å². The molecule has 10 nitrogen and oxygen atoms in total. The lowest BCUT2D eigenvalue weighted by molar-refractivity contribution is -0.394. The lowest BCUT2D eigenvalue weighted by atomic mass is 10.1. The van der Waals surface area contributed by atoms with Gasteiger partial charge in [0, 0.05) is 35.8 Å². The number of imidazole rings is 1. The molecule has 4 aromatic rings. The topological polar surface area (TPSA) is 133 Å². The van der Waals surface area contributed by atoms with E-state index in [1.807, 2.05) is 47.1 Å². The minimum Gasteiger partial charge on any atom is -0.322 e. The number of pyridine rings is 1. The molecular weight excluding hydrogens is 402 g/mol. The molecule has 0 saturated carbocycles. The molecule has 0 spiro atoms. The van der Waals surface area contributed by atoms with Gasteiger partial charge in [-0.3, -0.25) is 25.0 Å². The summed E-state index contributed by atoms with van der Waals surface area (Å²) < 4.78 is 1.87. The number of aromatic nitrogens is 2. The Morgan fingerprint density at radius 2 is 1.71 bits per heavy atom. The second-order valence-electron chi connectivity index (χ2n) is 6.83. The second kappa shape index (κ2) is 7.67. The van der Waals surface area contributed by atoms with E-state index in [9.17, 15) is 25.0 Å². The van der Waals surface area contributed by atoms with Crippen molar-refractivity contribution in [2.75, 3.05) is 5.32 Å². The summed E-state index contributed by atoms with van der Waals surface area (Å²) in [6, 6.07) is 13.9. The molecule has 0 aliphatic rings. The third-order valence-electron chi connectivity index (χ3n) is 4.73. The molecule has 0 bridgehead atoms. The Morgan fingerprint density at radius 3 is 2.35 bits per heavy atom. The van der Waals surface area contributed by atoms with Crippen molar-refractivity contribution in [3.63, 3.8) is 0 Å². The van der Waals surface area contributed by atoms with Gasteiger partial charge in [-0.1, -0.05) is 18.2 Å². The van der Waals surface area contributed by atoms with Crippen LogP contribution >= 0.6 is 0 Å². The van der Waals surface area contributed by atoms with Crippen LogP contribution in [0.3, 0.4) is 0 Å². The average Bonchev–Trinajstić information content (AvgIpc) is 3.19. The first-order chi connectivity index (χ1) is 14.8. The zero-order valence-corrected chi connectivity index (χ0v) is 16.2. The largest absolute Gasteiger partial charge is 0.322 e. The highest BCUT2D eigenvalue weighted by atomic mass is 16.6. The van der Waals surface area contributed by atoms with Crippen LogP contribution in [-0.2, 0) is 0 Å². The van der Waals surface area contributed by atoms with E-state index in [-0.39, 0.29) is 5.56 Å². The average molecular weight is 417 g/mol. The highest BCUT2D eigenvalue weighted by Gasteiger charge is 2.20. The molecule has 1 N–H and O–H groups in total. The number of hydrogen-bond donors (Lipinski definition) is 1. The van der Waals surface area contributed by atoms with Crippen molar-refractivity contribution >= 4 is 28.6 Å². The Bertz CT molecular complexity index is 1300. The Kier molecular flexibility index (Phi) is 4.88. The van der Waals surface area contributed by atoms with E-state index in [0.717, 1.165) is 35.0 Å². The minimum absolute atomic E-state index is 0.182. The first kappa shape index (κ1) is 19.7. The molecule has 2 heterocycles. The molecule has 0 atom stereocenters. The van der Waals surface area contributed by atoms with Gasteiger partial charge in [-0.25, -0.2) is 4.98 Å². The molecule has 1 amide bonds. The number of non-ortho nitro benzene ring substituents is 2. The minimum atomic E-state index is -0.779. The summed E-state index contributed by atoms with van der Waals surface area (Å²) in [5.41, 5.74) is 2.20. The Morgan fingerprint density at radius 1 is 1.00 bits per heavy atom.